The van der Waals surface area contributed by atoms with E-state index in [2.05, 4.69) is 38.4 Å². The number of pyridine rings is 1. The molecule has 0 unspecified atom stereocenters. The lowest BCUT2D eigenvalue weighted by molar-refractivity contribution is 0.0703. The smallest absolute Gasteiger partial charge is 0.348 e. The van der Waals surface area contributed by atoms with Gasteiger partial charge in [-0.3, -0.25) is 4.99 Å². The molecule has 6 nitrogen and oxygen atoms in total. The molecule has 0 saturated carbocycles. The number of carboxylic acids is 1. The average Bonchev–Trinajstić information content (AvgIpc) is 3.13. The predicted molar refractivity (Wildman–Crippen MR) is 130 cm³/mol. The third kappa shape index (κ3) is 4.37. The monoisotopic (exact) mass is 501 g/mol. The second-order valence-electron chi connectivity index (χ2n) is 7.45. The van der Waals surface area contributed by atoms with E-state index in [1.165, 1.54) is 16.9 Å². The fourth-order valence-corrected chi connectivity index (χ4v) is 5.32. The van der Waals surface area contributed by atoms with Crippen LogP contribution in [0.25, 0.3) is 21.3 Å². The number of benzene rings is 1. The summed E-state index contributed by atoms with van der Waals surface area (Å²) in [6.45, 7) is 2.17. The standard InChI is InChI=1S/C23H24BrN3O3S/c1-2-17(25-11-12-28)27-20-19-18(13-7-9-14(24)10-8-13)15-5-3-4-6-16(15)26-22(19)31-21(20)23(29)30/h7-10,28H,2-6,11-12H2,1H3,(H,25,27)(H,29,30). The van der Waals surface area contributed by atoms with Crippen molar-refractivity contribution in [2.75, 3.05) is 18.5 Å². The van der Waals surface area contributed by atoms with Crippen LogP contribution in [0.3, 0.4) is 0 Å². The van der Waals surface area contributed by atoms with Gasteiger partial charge in [0.2, 0.25) is 0 Å². The van der Waals surface area contributed by atoms with Gasteiger partial charge in [0.25, 0.3) is 0 Å². The van der Waals surface area contributed by atoms with Crippen molar-refractivity contribution in [3.05, 3.63) is 44.9 Å². The van der Waals surface area contributed by atoms with Crippen LogP contribution in [0.2, 0.25) is 0 Å². The number of aliphatic hydroxyl groups is 1. The number of hydrogen-bond acceptors (Lipinski definition) is 5. The molecule has 0 amide bonds. The highest BCUT2D eigenvalue weighted by Gasteiger charge is 2.27. The largest absolute Gasteiger partial charge is 0.477 e. The summed E-state index contributed by atoms with van der Waals surface area (Å²) in [5.41, 5.74) is 4.95. The highest BCUT2D eigenvalue weighted by atomic mass is 79.9. The Morgan fingerprint density at radius 3 is 2.68 bits per heavy atom. The van der Waals surface area contributed by atoms with Gasteiger partial charge in [0.15, 0.2) is 0 Å². The average molecular weight is 502 g/mol. The van der Waals surface area contributed by atoms with Crippen LogP contribution in [0, 0.1) is 0 Å². The summed E-state index contributed by atoms with van der Waals surface area (Å²) in [4.78, 5) is 22.4. The Balaban J connectivity index is 2.02. The lowest BCUT2D eigenvalue weighted by Crippen LogP contribution is -2.14. The maximum absolute atomic E-state index is 12.1. The van der Waals surface area contributed by atoms with Gasteiger partial charge < -0.3 is 15.5 Å². The molecule has 1 aliphatic carbocycles. The summed E-state index contributed by atoms with van der Waals surface area (Å²) in [5, 5.41) is 23.2. The van der Waals surface area contributed by atoms with Crippen LogP contribution in [-0.2, 0) is 12.8 Å². The van der Waals surface area contributed by atoms with Crippen molar-refractivity contribution in [3.8, 4) is 11.1 Å². The van der Waals surface area contributed by atoms with Gasteiger partial charge >= 0.3 is 5.97 Å². The van der Waals surface area contributed by atoms with E-state index >= 15 is 0 Å². The van der Waals surface area contributed by atoms with Gasteiger partial charge in [0, 0.05) is 22.0 Å². The van der Waals surface area contributed by atoms with E-state index < -0.39 is 5.97 Å². The summed E-state index contributed by atoms with van der Waals surface area (Å²) in [6, 6.07) is 8.15. The lowest BCUT2D eigenvalue weighted by atomic mass is 9.87. The number of halogens is 1. The van der Waals surface area contributed by atoms with E-state index in [9.17, 15) is 9.90 Å². The van der Waals surface area contributed by atoms with E-state index in [0.29, 0.717) is 17.9 Å². The Labute approximate surface area is 193 Å². The number of aliphatic hydroxyl groups excluding tert-OH is 1. The maximum atomic E-state index is 12.1. The maximum Gasteiger partial charge on any atom is 0.348 e. The van der Waals surface area contributed by atoms with Crippen LogP contribution >= 0.6 is 27.3 Å². The first-order valence-electron chi connectivity index (χ1n) is 10.4. The van der Waals surface area contributed by atoms with Crippen LogP contribution < -0.4 is 5.32 Å². The number of anilines is 1. The highest BCUT2D eigenvalue weighted by molar-refractivity contribution is 9.10. The zero-order valence-electron chi connectivity index (χ0n) is 17.2. The number of nitrogens with zero attached hydrogens (tertiary/aromatic N) is 2. The molecule has 0 spiro atoms. The number of aromatic carboxylic acids is 1. The molecule has 0 aliphatic heterocycles. The van der Waals surface area contributed by atoms with Crippen LogP contribution in [0.4, 0.5) is 5.69 Å². The zero-order chi connectivity index (χ0) is 22.0. The first-order chi connectivity index (χ1) is 15.0. The van der Waals surface area contributed by atoms with Crippen molar-refractivity contribution in [1.29, 1.82) is 0 Å². The lowest BCUT2D eigenvalue weighted by Gasteiger charge is -2.21. The number of carboxylic acid groups (broad SMARTS) is 1. The number of nitrogens with one attached hydrogen (secondary N) is 1. The second kappa shape index (κ2) is 9.46. The molecule has 1 aromatic carbocycles. The van der Waals surface area contributed by atoms with E-state index in [-0.39, 0.29) is 18.0 Å². The van der Waals surface area contributed by atoms with Gasteiger partial charge in [-0.2, -0.15) is 0 Å². The molecule has 0 saturated heterocycles. The Morgan fingerprint density at radius 2 is 2.00 bits per heavy atom. The third-order valence-corrected chi connectivity index (χ3v) is 7.05. The molecule has 0 bridgehead atoms. The molecule has 2 heterocycles. The number of fused-ring (bicyclic) bond motifs is 2. The Morgan fingerprint density at radius 1 is 1.26 bits per heavy atom. The van der Waals surface area contributed by atoms with Crippen molar-refractivity contribution in [2.45, 2.75) is 39.0 Å². The predicted octanol–water partition coefficient (Wildman–Crippen LogP) is 5.52. The van der Waals surface area contributed by atoms with Crippen LogP contribution in [0.1, 0.15) is 47.1 Å². The van der Waals surface area contributed by atoms with E-state index in [1.807, 2.05) is 19.1 Å². The van der Waals surface area contributed by atoms with Crippen molar-refractivity contribution >= 4 is 55.0 Å². The first-order valence-corrected chi connectivity index (χ1v) is 12.0. The van der Waals surface area contributed by atoms with Crippen molar-refractivity contribution in [2.24, 2.45) is 4.99 Å². The number of amidine groups is 1. The molecular formula is C23H24BrN3O3S. The molecule has 0 fully saturated rings. The van der Waals surface area contributed by atoms with Gasteiger partial charge in [-0.15, -0.1) is 11.3 Å². The second-order valence-corrected chi connectivity index (χ2v) is 9.36. The molecule has 3 N–H and O–H groups in total. The fraction of sp³-hybridized carbons (Fsp3) is 0.348. The summed E-state index contributed by atoms with van der Waals surface area (Å²) < 4.78 is 0.995. The SMILES string of the molecule is CCC(=NCCO)Nc1c(C(=O)O)sc2nc3c(c(-c4ccc(Br)cc4)c12)CCCC3. The molecule has 4 rings (SSSR count). The number of aromatic nitrogens is 1. The Hall–Kier alpha value is -2.29. The molecular weight excluding hydrogens is 478 g/mol. The van der Waals surface area contributed by atoms with Gasteiger partial charge in [-0.1, -0.05) is 35.0 Å². The summed E-state index contributed by atoms with van der Waals surface area (Å²) in [6.07, 6.45) is 4.64. The normalized spacial score (nSPS) is 14.0. The summed E-state index contributed by atoms with van der Waals surface area (Å²) >= 11 is 4.72. The number of aliphatic imine (C=N–C) groups is 1. The topological polar surface area (TPSA) is 94.8 Å². The molecule has 1 aliphatic rings. The molecule has 162 valence electrons. The number of hydrogen-bond donors (Lipinski definition) is 3. The van der Waals surface area contributed by atoms with E-state index in [1.54, 1.807) is 0 Å². The Bertz CT molecular complexity index is 1160. The van der Waals surface area contributed by atoms with Crippen molar-refractivity contribution < 1.29 is 15.0 Å². The van der Waals surface area contributed by atoms with Gasteiger partial charge in [-0.25, -0.2) is 9.78 Å². The minimum atomic E-state index is -0.983. The fourth-order valence-electron chi connectivity index (χ4n) is 4.06. The van der Waals surface area contributed by atoms with Crippen molar-refractivity contribution in [3.63, 3.8) is 0 Å². The van der Waals surface area contributed by atoms with Crippen LogP contribution in [0.5, 0.6) is 0 Å². The number of aryl methyl sites for hydroxylation is 1. The molecule has 0 atom stereocenters. The first kappa shape index (κ1) is 21.9. The third-order valence-electron chi connectivity index (χ3n) is 5.45. The minimum Gasteiger partial charge on any atom is -0.477 e. The number of carbonyl (C=O) groups is 1. The van der Waals surface area contributed by atoms with Gasteiger partial charge in [0.1, 0.15) is 15.5 Å². The Kier molecular flexibility index (Phi) is 6.69. The summed E-state index contributed by atoms with van der Waals surface area (Å²) in [5.74, 6) is -0.335. The quantitative estimate of drug-likeness (QED) is 0.305. The number of thiophene rings is 1. The minimum absolute atomic E-state index is 0.0550. The summed E-state index contributed by atoms with van der Waals surface area (Å²) in [7, 11) is 0. The molecule has 2 aromatic heterocycles. The highest BCUT2D eigenvalue weighted by Crippen LogP contribution is 2.45. The molecule has 3 aromatic rings. The van der Waals surface area contributed by atoms with Gasteiger partial charge in [0.05, 0.1) is 18.8 Å². The zero-order valence-corrected chi connectivity index (χ0v) is 19.6. The molecule has 0 radical (unpaired) electrons. The van der Waals surface area contributed by atoms with Crippen LogP contribution in [-0.4, -0.2) is 40.2 Å². The van der Waals surface area contributed by atoms with Crippen molar-refractivity contribution in [1.82, 2.24) is 4.98 Å². The molecule has 31 heavy (non-hydrogen) atoms. The van der Waals surface area contributed by atoms with Crippen LogP contribution in [0.15, 0.2) is 33.7 Å². The van der Waals surface area contributed by atoms with E-state index in [0.717, 1.165) is 57.2 Å². The molecule has 8 heteroatoms. The van der Waals surface area contributed by atoms with E-state index in [4.69, 9.17) is 10.1 Å². The number of rotatable bonds is 6. The van der Waals surface area contributed by atoms with Gasteiger partial charge in [-0.05, 0) is 54.5 Å².